The van der Waals surface area contributed by atoms with E-state index in [1.807, 2.05) is 6.92 Å². The van der Waals surface area contributed by atoms with Crippen molar-refractivity contribution in [2.75, 3.05) is 40.1 Å². The van der Waals surface area contributed by atoms with Gasteiger partial charge >= 0.3 is 0 Å². The van der Waals surface area contributed by atoms with Crippen LogP contribution >= 0.6 is 0 Å². The number of hydrogen-bond donors (Lipinski definition) is 0. The summed E-state index contributed by atoms with van der Waals surface area (Å²) in [6.07, 6.45) is 31.7. The molecular weight excluding hydrogens is 1650 g/mol. The third-order valence-electron chi connectivity index (χ3n) is 27.8. The highest BCUT2D eigenvalue weighted by Gasteiger charge is 2.16. The van der Waals surface area contributed by atoms with Crippen LogP contribution in [-0.4, -0.2) is 40.1 Å². The second kappa shape index (κ2) is 62.2. The van der Waals surface area contributed by atoms with Crippen molar-refractivity contribution in [2.45, 2.75) is 339 Å². The Balaban J connectivity index is 0.000000221. The highest BCUT2D eigenvalue weighted by molar-refractivity contribution is 5.50. The van der Waals surface area contributed by atoms with Gasteiger partial charge in [-0.05, 0) is 435 Å². The van der Waals surface area contributed by atoms with E-state index in [-0.39, 0.29) is 0 Å². The molecule has 0 spiro atoms. The highest BCUT2D eigenvalue weighted by atomic mass is 16.5. The minimum absolute atomic E-state index is 0.726. The molecule has 0 unspecified atom stereocenters. The topological polar surface area (TPSA) is 55.4 Å². The van der Waals surface area contributed by atoms with Crippen molar-refractivity contribution < 1.29 is 28.4 Å². The molecule has 0 aromatic heterocycles. The molecule has 726 valence electrons. The normalized spacial score (nSPS) is 10.8. The Labute approximate surface area is 822 Å². The van der Waals surface area contributed by atoms with Crippen LogP contribution in [0.3, 0.4) is 0 Å². The molecular formula is C129H174O6. The number of benzene rings is 12. The zero-order chi connectivity index (χ0) is 97.8. The van der Waals surface area contributed by atoms with Crippen LogP contribution in [0, 0.1) is 83.1 Å². The van der Waals surface area contributed by atoms with Gasteiger partial charge in [0.1, 0.15) is 34.5 Å². The molecule has 0 saturated heterocycles. The fourth-order valence-electron chi connectivity index (χ4n) is 17.0. The summed E-state index contributed by atoms with van der Waals surface area (Å²) in [5.74, 6) is 6.21. The van der Waals surface area contributed by atoms with Crippen molar-refractivity contribution in [3.63, 3.8) is 0 Å². The van der Waals surface area contributed by atoms with Crippen molar-refractivity contribution in [3.05, 3.63) is 385 Å². The molecule has 0 aliphatic heterocycles. The van der Waals surface area contributed by atoms with Gasteiger partial charge in [-0.1, -0.05) is 290 Å². The SMILES string of the molecule is CCCCCCOc1ccc(CCc2ccc(CC)cc2)c(C)c1C.CCCCCOc1ccc(CCc2ccc(CC)cc2)c(C)c1C.CCCCOc1ccc(CCc2ccc(CC)cc2)c(C)c1C.CCCOc1ccc(CCc2ccc(CC)cc2)c(C)c1C.CCOc1ccc(CCc2ccc(CC)cc2)c(C)c1C.CCc1ccc(CCc2ccc(OC)c(C)c2C)cc1. The molecule has 135 heavy (non-hydrogen) atoms. The van der Waals surface area contributed by atoms with E-state index in [0.717, 1.165) is 209 Å². The summed E-state index contributed by atoms with van der Waals surface area (Å²) in [5.41, 5.74) is 41.5. The molecule has 6 nitrogen and oxygen atoms in total. The van der Waals surface area contributed by atoms with Crippen LogP contribution in [0.2, 0.25) is 0 Å². The first-order valence-corrected chi connectivity index (χ1v) is 52.1. The molecule has 0 aliphatic rings. The summed E-state index contributed by atoms with van der Waals surface area (Å²) < 4.78 is 34.7. The Morgan fingerprint density at radius 2 is 0.341 bits per heavy atom. The van der Waals surface area contributed by atoms with Gasteiger partial charge in [-0.25, -0.2) is 0 Å². The molecule has 12 rings (SSSR count). The van der Waals surface area contributed by atoms with Gasteiger partial charge < -0.3 is 28.4 Å². The van der Waals surface area contributed by atoms with Gasteiger partial charge in [0, 0.05) is 0 Å². The average Bonchev–Trinajstić information content (AvgIpc) is 0.863. The Hall–Kier alpha value is -10.6. The molecule has 0 atom stereocenters. The van der Waals surface area contributed by atoms with E-state index in [2.05, 4.69) is 371 Å². The number of methoxy groups -OCH3 is 1. The van der Waals surface area contributed by atoms with Crippen LogP contribution in [0.1, 0.15) is 307 Å². The fraction of sp³-hybridized carbons (Fsp3) is 0.442. The van der Waals surface area contributed by atoms with E-state index in [9.17, 15) is 0 Å². The van der Waals surface area contributed by atoms with Crippen LogP contribution in [0.15, 0.2) is 218 Å². The van der Waals surface area contributed by atoms with Crippen molar-refractivity contribution in [2.24, 2.45) is 0 Å². The molecule has 12 aromatic carbocycles. The van der Waals surface area contributed by atoms with Crippen molar-refractivity contribution in [3.8, 4) is 34.5 Å². The van der Waals surface area contributed by atoms with E-state index in [0.29, 0.717) is 0 Å². The summed E-state index contributed by atoms with van der Waals surface area (Å²) in [6.45, 7) is 54.3. The monoisotopic (exact) mass is 1820 g/mol. The molecule has 0 radical (unpaired) electrons. The summed E-state index contributed by atoms with van der Waals surface area (Å²) in [7, 11) is 1.73. The lowest BCUT2D eigenvalue weighted by atomic mass is 9.96. The van der Waals surface area contributed by atoms with Gasteiger partial charge in [0.25, 0.3) is 0 Å². The molecule has 0 N–H and O–H groups in total. The largest absolute Gasteiger partial charge is 0.496 e. The molecule has 0 amide bonds. The van der Waals surface area contributed by atoms with Crippen LogP contribution in [0.5, 0.6) is 34.5 Å². The quantitative estimate of drug-likeness (QED) is 0.0355. The smallest absolute Gasteiger partial charge is 0.122 e. The van der Waals surface area contributed by atoms with E-state index in [4.69, 9.17) is 28.4 Å². The Morgan fingerprint density at radius 3 is 0.548 bits per heavy atom. The van der Waals surface area contributed by atoms with E-state index in [1.54, 1.807) is 7.11 Å². The van der Waals surface area contributed by atoms with Crippen LogP contribution in [0.4, 0.5) is 0 Å². The van der Waals surface area contributed by atoms with Gasteiger partial charge in [0.2, 0.25) is 0 Å². The highest BCUT2D eigenvalue weighted by Crippen LogP contribution is 2.33. The Kier molecular flexibility index (Phi) is 51.4. The van der Waals surface area contributed by atoms with Crippen molar-refractivity contribution >= 4 is 0 Å². The second-order valence-corrected chi connectivity index (χ2v) is 37.0. The lowest BCUT2D eigenvalue weighted by molar-refractivity contribution is 0.303. The van der Waals surface area contributed by atoms with Gasteiger partial charge in [-0.15, -0.1) is 0 Å². The molecule has 0 heterocycles. The predicted molar refractivity (Wildman–Crippen MR) is 583 cm³/mol. The molecule has 0 aliphatic carbocycles. The van der Waals surface area contributed by atoms with Crippen molar-refractivity contribution in [1.29, 1.82) is 0 Å². The third-order valence-corrected chi connectivity index (χ3v) is 27.8. The first-order valence-electron chi connectivity index (χ1n) is 52.1. The van der Waals surface area contributed by atoms with E-state index < -0.39 is 0 Å². The van der Waals surface area contributed by atoms with Gasteiger partial charge in [-0.3, -0.25) is 0 Å². The minimum Gasteiger partial charge on any atom is -0.496 e. The van der Waals surface area contributed by atoms with E-state index in [1.165, 1.54) is 205 Å². The zero-order valence-corrected chi connectivity index (χ0v) is 88.6. The lowest BCUT2D eigenvalue weighted by Crippen LogP contribution is -2.02. The first-order chi connectivity index (χ1) is 65.4. The molecule has 0 fully saturated rings. The first kappa shape index (κ1) is 111. The van der Waals surface area contributed by atoms with Crippen LogP contribution < -0.4 is 28.4 Å². The van der Waals surface area contributed by atoms with Crippen LogP contribution in [0.25, 0.3) is 0 Å². The summed E-state index contributed by atoms with van der Waals surface area (Å²) in [6, 6.07) is 80.3. The number of aryl methyl sites for hydroxylation is 18. The average molecular weight is 1820 g/mol. The fourth-order valence-corrected chi connectivity index (χ4v) is 17.0. The number of hydrogen-bond acceptors (Lipinski definition) is 6. The number of ether oxygens (including phenoxy) is 6. The lowest BCUT2D eigenvalue weighted by Gasteiger charge is -2.15. The molecule has 6 heteroatoms. The van der Waals surface area contributed by atoms with Gasteiger partial charge in [0.05, 0.1) is 40.1 Å². The predicted octanol–water partition coefficient (Wildman–Crippen LogP) is 33.8. The summed E-state index contributed by atoms with van der Waals surface area (Å²) in [4.78, 5) is 0. The number of unbranched alkanes of at least 4 members (excludes halogenated alkanes) is 6. The molecule has 0 bridgehead atoms. The number of rotatable bonds is 45. The molecule has 0 saturated carbocycles. The zero-order valence-electron chi connectivity index (χ0n) is 88.6. The van der Waals surface area contributed by atoms with Gasteiger partial charge in [0.15, 0.2) is 0 Å². The summed E-state index contributed by atoms with van der Waals surface area (Å²) in [5, 5.41) is 0. The Morgan fingerprint density at radius 1 is 0.156 bits per heavy atom. The standard InChI is InChI=1S/C24H34O.C23H32O.C22H30O.C21H28O.C20H26O.C19H24O/c1-5-7-8-9-18-25-24-17-16-23(19(3)20(24)4)15-14-22-12-10-21(6-2)11-13-22;1-5-7-8-17-24-23-16-15-22(18(3)19(23)4)14-13-21-11-9-20(6-2)10-12-21;1-5-7-16-23-22-15-14-21(17(3)18(22)4)13-12-20-10-8-19(6-2)9-11-20;1-5-15-22-21-14-13-20(16(3)17(21)4)12-11-19-9-7-18(6-2)8-10-19;1-5-17-7-9-18(10-8-17)11-12-19-13-14-20(21-6-2)16(4)15(19)3;1-5-16-6-8-17(9-7-16)10-11-18-12-13-19(20-4)15(3)14(18)2/h10-13,16-17H,5-9,14-15,18H2,1-4H3;9-12,15-16H,5-8,13-14,17H2,1-4H3;8-11,14-15H,5-7,12-13,16H2,1-4H3;7-10,13-14H,5-6,11-12,15H2,1-4H3;7-10,13-14H,5-6,11-12H2,1-4H3;6-9,12-13H,5,10-11H2,1-4H3. The summed E-state index contributed by atoms with van der Waals surface area (Å²) >= 11 is 0. The maximum atomic E-state index is 6.01. The third kappa shape index (κ3) is 37.5. The minimum atomic E-state index is 0.726. The molecule has 12 aromatic rings. The van der Waals surface area contributed by atoms with Crippen molar-refractivity contribution in [1.82, 2.24) is 0 Å². The van der Waals surface area contributed by atoms with E-state index >= 15 is 0 Å². The van der Waals surface area contributed by atoms with Gasteiger partial charge in [-0.2, -0.15) is 0 Å². The second-order valence-electron chi connectivity index (χ2n) is 37.0. The van der Waals surface area contributed by atoms with Crippen LogP contribution in [-0.2, 0) is 116 Å². The maximum absolute atomic E-state index is 6.01. The maximum Gasteiger partial charge on any atom is 0.122 e. The Bertz CT molecular complexity index is 5360.